The number of hydrogen-bond acceptors (Lipinski definition) is 7. The van der Waals surface area contributed by atoms with Gasteiger partial charge in [0.25, 0.3) is 0 Å². The summed E-state index contributed by atoms with van der Waals surface area (Å²) in [6, 6.07) is 11.4. The van der Waals surface area contributed by atoms with Crippen LogP contribution in [0.25, 0.3) is 11.0 Å². The van der Waals surface area contributed by atoms with Gasteiger partial charge in [-0.2, -0.15) is 4.31 Å². The molecule has 2 heterocycles. The number of halogens is 1. The lowest BCUT2D eigenvalue weighted by atomic mass is 10.00. The Kier molecular flexibility index (Phi) is 6.23. The summed E-state index contributed by atoms with van der Waals surface area (Å²) in [6.45, 7) is 0.143. The smallest absolute Gasteiger partial charge is 0.336 e. The minimum absolute atomic E-state index is 0.00927. The Labute approximate surface area is 189 Å². The van der Waals surface area contributed by atoms with Gasteiger partial charge in [0.2, 0.25) is 10.0 Å². The van der Waals surface area contributed by atoms with Gasteiger partial charge in [0.05, 0.1) is 10.8 Å². The maximum Gasteiger partial charge on any atom is 0.336 e. The van der Waals surface area contributed by atoms with Crippen molar-refractivity contribution in [3.05, 3.63) is 69.5 Å². The van der Waals surface area contributed by atoms with E-state index >= 15 is 0 Å². The molecule has 32 heavy (non-hydrogen) atoms. The summed E-state index contributed by atoms with van der Waals surface area (Å²) >= 11 is 5.84. The number of fused-ring (bicyclic) bond motifs is 1. The lowest BCUT2D eigenvalue weighted by molar-refractivity contribution is -0.151. The summed E-state index contributed by atoms with van der Waals surface area (Å²) in [7, 11) is -3.76. The topological polar surface area (TPSA) is 114 Å². The summed E-state index contributed by atoms with van der Waals surface area (Å²) in [5.74, 6) is -1.22. The fraction of sp³-hybridized carbons (Fsp3) is 0.273. The van der Waals surface area contributed by atoms with Crippen molar-refractivity contribution in [2.45, 2.75) is 24.3 Å². The van der Waals surface area contributed by atoms with Crippen molar-refractivity contribution in [3.63, 3.8) is 0 Å². The van der Waals surface area contributed by atoms with Crippen LogP contribution in [0.15, 0.2) is 62.6 Å². The van der Waals surface area contributed by atoms with Crippen molar-refractivity contribution in [1.29, 1.82) is 0 Å². The van der Waals surface area contributed by atoms with E-state index in [-0.39, 0.29) is 29.4 Å². The van der Waals surface area contributed by atoms with Gasteiger partial charge >= 0.3 is 11.6 Å². The molecule has 1 fully saturated rings. The van der Waals surface area contributed by atoms with Gasteiger partial charge in [-0.1, -0.05) is 11.6 Å². The highest BCUT2D eigenvalue weighted by Gasteiger charge is 2.34. The fourth-order valence-electron chi connectivity index (χ4n) is 3.71. The van der Waals surface area contributed by atoms with Crippen LogP contribution in [0.1, 0.15) is 18.4 Å². The maximum atomic E-state index is 12.9. The molecule has 0 radical (unpaired) electrons. The number of hydrogen-bond donors (Lipinski definition) is 1. The second kappa shape index (κ2) is 8.93. The average molecular weight is 478 g/mol. The Hall–Kier alpha value is -2.88. The van der Waals surface area contributed by atoms with Crippen LogP contribution >= 0.6 is 11.6 Å². The van der Waals surface area contributed by atoms with Crippen LogP contribution in [-0.4, -0.2) is 36.9 Å². The molecule has 1 saturated heterocycles. The third kappa shape index (κ3) is 4.64. The van der Waals surface area contributed by atoms with Crippen LogP contribution in [0.2, 0.25) is 5.02 Å². The summed E-state index contributed by atoms with van der Waals surface area (Å²) in [6.07, 6.45) is 1.01. The van der Waals surface area contributed by atoms with E-state index in [9.17, 15) is 23.1 Å². The predicted octanol–water partition coefficient (Wildman–Crippen LogP) is 3.30. The Balaban J connectivity index is 1.47. The van der Waals surface area contributed by atoms with Gasteiger partial charge in [-0.3, -0.25) is 4.79 Å². The van der Waals surface area contributed by atoms with Crippen molar-refractivity contribution in [3.8, 4) is 5.75 Å². The Bertz CT molecular complexity index is 1320. The third-order valence-electron chi connectivity index (χ3n) is 5.35. The molecule has 0 spiro atoms. The molecule has 0 bridgehead atoms. The number of carbonyl (C=O) groups excluding carboxylic acids is 1. The number of carbonyl (C=O) groups is 1. The van der Waals surface area contributed by atoms with Crippen LogP contribution in [0.5, 0.6) is 5.75 Å². The highest BCUT2D eigenvalue weighted by atomic mass is 35.5. The molecule has 1 atom stereocenters. The second-order valence-electron chi connectivity index (χ2n) is 7.53. The van der Waals surface area contributed by atoms with Crippen LogP contribution < -0.4 is 5.63 Å². The Morgan fingerprint density at radius 1 is 1.19 bits per heavy atom. The first-order chi connectivity index (χ1) is 15.2. The van der Waals surface area contributed by atoms with E-state index in [1.165, 1.54) is 46.8 Å². The summed E-state index contributed by atoms with van der Waals surface area (Å²) in [5.41, 5.74) is -0.0143. The highest BCUT2D eigenvalue weighted by molar-refractivity contribution is 7.89. The molecule has 3 aromatic rings. The molecule has 10 heteroatoms. The second-order valence-corrected chi connectivity index (χ2v) is 9.91. The summed E-state index contributed by atoms with van der Waals surface area (Å²) < 4.78 is 37.6. The number of phenols is 1. The van der Waals surface area contributed by atoms with Crippen molar-refractivity contribution < 1.29 is 27.5 Å². The summed E-state index contributed by atoms with van der Waals surface area (Å²) in [4.78, 5) is 24.6. The fourth-order valence-corrected chi connectivity index (χ4v) is 5.36. The van der Waals surface area contributed by atoms with Crippen LogP contribution in [-0.2, 0) is 26.2 Å². The molecule has 2 aromatic carbocycles. The van der Waals surface area contributed by atoms with E-state index in [2.05, 4.69) is 0 Å². The molecular weight excluding hydrogens is 458 g/mol. The van der Waals surface area contributed by atoms with Gasteiger partial charge in [0.1, 0.15) is 17.9 Å². The first-order valence-corrected chi connectivity index (χ1v) is 11.7. The van der Waals surface area contributed by atoms with E-state index in [1.54, 1.807) is 6.07 Å². The standard InChI is InChI=1S/C22H20ClNO7S/c23-16-3-6-18(7-4-16)32(28,29)24-9-1-2-14(12-24)22(27)30-13-15-10-21(26)31-20-11-17(25)5-8-19(15)20/h3-8,10-11,14,25H,1-2,9,12-13H2. The zero-order valence-electron chi connectivity index (χ0n) is 16.9. The number of rotatable bonds is 5. The average Bonchev–Trinajstić information content (AvgIpc) is 2.77. The molecule has 168 valence electrons. The molecule has 4 rings (SSSR count). The third-order valence-corrected chi connectivity index (χ3v) is 7.48. The Morgan fingerprint density at radius 2 is 1.94 bits per heavy atom. The van der Waals surface area contributed by atoms with Crippen molar-refractivity contribution >= 4 is 38.6 Å². The molecule has 1 aromatic heterocycles. The molecular formula is C22H20ClNO7S. The number of sulfonamides is 1. The normalized spacial score (nSPS) is 17.3. The molecule has 0 amide bonds. The molecule has 1 aliphatic heterocycles. The van der Waals surface area contributed by atoms with Gasteiger partial charge < -0.3 is 14.3 Å². The number of benzene rings is 2. The predicted molar refractivity (Wildman–Crippen MR) is 117 cm³/mol. The SMILES string of the molecule is O=C(OCc1cc(=O)oc2cc(O)ccc12)C1CCCN(S(=O)(=O)c2ccc(Cl)cc2)C1. The van der Waals surface area contributed by atoms with Gasteiger partial charge in [0.15, 0.2) is 0 Å². The summed E-state index contributed by atoms with van der Waals surface area (Å²) in [5, 5.41) is 10.5. The highest BCUT2D eigenvalue weighted by Crippen LogP contribution is 2.27. The number of ether oxygens (including phenoxy) is 1. The maximum absolute atomic E-state index is 12.9. The first-order valence-electron chi connectivity index (χ1n) is 9.92. The minimum Gasteiger partial charge on any atom is -0.508 e. The quantitative estimate of drug-likeness (QED) is 0.443. The first kappa shape index (κ1) is 22.3. The molecule has 1 aliphatic rings. The zero-order chi connectivity index (χ0) is 22.9. The lowest BCUT2D eigenvalue weighted by Gasteiger charge is -2.30. The largest absolute Gasteiger partial charge is 0.508 e. The van der Waals surface area contributed by atoms with Crippen LogP contribution in [0, 0.1) is 5.92 Å². The number of phenolic OH excluding ortho intramolecular Hbond substituents is 1. The van der Waals surface area contributed by atoms with E-state index in [1.807, 2.05) is 0 Å². The monoisotopic (exact) mass is 477 g/mol. The number of aromatic hydroxyl groups is 1. The zero-order valence-corrected chi connectivity index (χ0v) is 18.4. The van der Waals surface area contributed by atoms with Gasteiger partial charge in [-0.25, -0.2) is 13.2 Å². The number of nitrogens with zero attached hydrogens (tertiary/aromatic N) is 1. The Morgan fingerprint density at radius 3 is 2.69 bits per heavy atom. The molecule has 0 saturated carbocycles. The van der Waals surface area contributed by atoms with Gasteiger partial charge in [-0.05, 0) is 49.2 Å². The molecule has 1 unspecified atom stereocenters. The van der Waals surface area contributed by atoms with E-state index in [0.717, 1.165) is 0 Å². The number of esters is 1. The van der Waals surface area contributed by atoms with Crippen molar-refractivity contribution in [1.82, 2.24) is 4.31 Å². The molecule has 8 nitrogen and oxygen atoms in total. The van der Waals surface area contributed by atoms with Crippen molar-refractivity contribution in [2.75, 3.05) is 13.1 Å². The van der Waals surface area contributed by atoms with Gasteiger partial charge in [-0.15, -0.1) is 0 Å². The lowest BCUT2D eigenvalue weighted by Crippen LogP contribution is -2.42. The van der Waals surface area contributed by atoms with Gasteiger partial charge in [0, 0.05) is 41.2 Å². The molecule has 0 aliphatic carbocycles. The van der Waals surface area contributed by atoms with E-state index < -0.39 is 27.5 Å². The minimum atomic E-state index is -3.76. The van der Waals surface area contributed by atoms with Crippen LogP contribution in [0.3, 0.4) is 0 Å². The molecule has 1 N–H and O–H groups in total. The van der Waals surface area contributed by atoms with E-state index in [0.29, 0.717) is 35.4 Å². The number of piperidine rings is 1. The van der Waals surface area contributed by atoms with Crippen LogP contribution in [0.4, 0.5) is 0 Å². The van der Waals surface area contributed by atoms with E-state index in [4.69, 9.17) is 20.8 Å². The van der Waals surface area contributed by atoms with Crippen molar-refractivity contribution in [2.24, 2.45) is 5.92 Å².